The van der Waals surface area contributed by atoms with Crippen LogP contribution in [0.5, 0.6) is 0 Å². The fraction of sp³-hybridized carbons (Fsp3) is 0.571. The molecule has 0 aliphatic heterocycles. The average Bonchev–Trinajstić information content (AvgIpc) is 2.71. The summed E-state index contributed by atoms with van der Waals surface area (Å²) in [6, 6.07) is 5.01. The summed E-state index contributed by atoms with van der Waals surface area (Å²) in [5.41, 5.74) is 7.70. The molecule has 0 heterocycles. The van der Waals surface area contributed by atoms with Gasteiger partial charge in [-0.25, -0.2) is 4.39 Å². The third-order valence-corrected chi connectivity index (χ3v) is 4.83. The minimum Gasteiger partial charge on any atom is -0.327 e. The Balaban J connectivity index is 2.10. The molecular formula is C14H19BrFN. The van der Waals surface area contributed by atoms with Gasteiger partial charge in [-0.15, -0.1) is 0 Å². The second kappa shape index (κ2) is 5.07. The largest absolute Gasteiger partial charge is 0.327 e. The van der Waals surface area contributed by atoms with E-state index in [2.05, 4.69) is 22.9 Å². The summed E-state index contributed by atoms with van der Waals surface area (Å²) in [6.07, 6.45) is 5.82. The maximum absolute atomic E-state index is 13.0. The molecule has 17 heavy (non-hydrogen) atoms. The Kier molecular flexibility index (Phi) is 3.88. The van der Waals surface area contributed by atoms with E-state index in [1.165, 1.54) is 37.8 Å². The van der Waals surface area contributed by atoms with Crippen LogP contribution < -0.4 is 5.73 Å². The normalized spacial score (nSPS) is 20.5. The highest BCUT2D eigenvalue weighted by molar-refractivity contribution is 9.10. The summed E-state index contributed by atoms with van der Waals surface area (Å²) in [4.78, 5) is 0. The first-order valence-electron chi connectivity index (χ1n) is 6.21. The zero-order valence-electron chi connectivity index (χ0n) is 10.2. The molecule has 1 unspecified atom stereocenters. The highest BCUT2D eigenvalue weighted by atomic mass is 79.9. The van der Waals surface area contributed by atoms with Gasteiger partial charge < -0.3 is 5.73 Å². The SMILES string of the molecule is CC1(C(N)Cc2ccc(F)cc2Br)CCCC1. The zero-order valence-corrected chi connectivity index (χ0v) is 11.8. The van der Waals surface area contributed by atoms with E-state index < -0.39 is 0 Å². The van der Waals surface area contributed by atoms with Gasteiger partial charge in [0.2, 0.25) is 0 Å². The van der Waals surface area contributed by atoms with E-state index in [0.29, 0.717) is 0 Å². The first-order chi connectivity index (χ1) is 8.01. The molecule has 1 atom stereocenters. The van der Waals surface area contributed by atoms with Crippen LogP contribution in [0, 0.1) is 11.2 Å². The number of nitrogens with two attached hydrogens (primary N) is 1. The molecule has 1 saturated carbocycles. The van der Waals surface area contributed by atoms with Crippen molar-refractivity contribution < 1.29 is 4.39 Å². The summed E-state index contributed by atoms with van der Waals surface area (Å²) in [5, 5.41) is 0. The lowest BCUT2D eigenvalue weighted by Crippen LogP contribution is -2.39. The van der Waals surface area contributed by atoms with Crippen LogP contribution in [-0.4, -0.2) is 6.04 Å². The molecule has 0 radical (unpaired) electrons. The van der Waals surface area contributed by atoms with E-state index >= 15 is 0 Å². The Bertz CT molecular complexity index is 399. The third-order valence-electron chi connectivity index (χ3n) is 4.10. The molecule has 1 aliphatic rings. The molecule has 94 valence electrons. The Labute approximate surface area is 111 Å². The molecule has 0 saturated heterocycles. The van der Waals surface area contributed by atoms with Gasteiger partial charge in [0, 0.05) is 10.5 Å². The topological polar surface area (TPSA) is 26.0 Å². The molecular weight excluding hydrogens is 281 g/mol. The van der Waals surface area contributed by atoms with Gasteiger partial charge in [0.25, 0.3) is 0 Å². The monoisotopic (exact) mass is 299 g/mol. The van der Waals surface area contributed by atoms with Gasteiger partial charge in [0.05, 0.1) is 0 Å². The van der Waals surface area contributed by atoms with E-state index in [0.717, 1.165) is 16.5 Å². The Morgan fingerprint density at radius 3 is 2.65 bits per heavy atom. The smallest absolute Gasteiger partial charge is 0.124 e. The Hall–Kier alpha value is -0.410. The quantitative estimate of drug-likeness (QED) is 0.896. The molecule has 3 heteroatoms. The summed E-state index contributed by atoms with van der Waals surface area (Å²) in [5.74, 6) is -0.207. The maximum Gasteiger partial charge on any atom is 0.124 e. The number of benzene rings is 1. The standard InChI is InChI=1S/C14H19BrFN/c1-14(6-2-3-7-14)13(17)8-10-4-5-11(16)9-12(10)15/h4-5,9,13H,2-3,6-8,17H2,1H3. The number of rotatable bonds is 3. The van der Waals surface area contributed by atoms with Gasteiger partial charge in [-0.3, -0.25) is 0 Å². The molecule has 0 spiro atoms. The van der Waals surface area contributed by atoms with E-state index in [-0.39, 0.29) is 17.3 Å². The van der Waals surface area contributed by atoms with E-state index in [4.69, 9.17) is 5.73 Å². The van der Waals surface area contributed by atoms with E-state index in [1.54, 1.807) is 0 Å². The molecule has 1 aromatic carbocycles. The first kappa shape index (κ1) is 13.0. The first-order valence-corrected chi connectivity index (χ1v) is 7.00. The summed E-state index contributed by atoms with van der Waals surface area (Å²) in [6.45, 7) is 2.28. The lowest BCUT2D eigenvalue weighted by Gasteiger charge is -2.31. The molecule has 1 nitrogen and oxygen atoms in total. The van der Waals surface area contributed by atoms with Crippen LogP contribution in [0.25, 0.3) is 0 Å². The van der Waals surface area contributed by atoms with Gasteiger partial charge in [-0.05, 0) is 42.4 Å². The zero-order chi connectivity index (χ0) is 12.5. The second-order valence-electron chi connectivity index (χ2n) is 5.41. The molecule has 0 bridgehead atoms. The van der Waals surface area contributed by atoms with Crippen LogP contribution in [0.3, 0.4) is 0 Å². The summed E-state index contributed by atoms with van der Waals surface area (Å²) < 4.78 is 13.8. The van der Waals surface area contributed by atoms with Gasteiger partial charge >= 0.3 is 0 Å². The minimum absolute atomic E-state index is 0.159. The lowest BCUT2D eigenvalue weighted by atomic mass is 9.78. The van der Waals surface area contributed by atoms with Crippen LogP contribution in [0.4, 0.5) is 4.39 Å². The molecule has 2 N–H and O–H groups in total. The van der Waals surface area contributed by atoms with Gasteiger partial charge in [-0.1, -0.05) is 41.8 Å². The summed E-state index contributed by atoms with van der Waals surface area (Å²) in [7, 11) is 0. The highest BCUT2D eigenvalue weighted by Gasteiger charge is 2.34. The predicted octanol–water partition coefficient (Wildman–Crippen LogP) is 4.04. The average molecular weight is 300 g/mol. The van der Waals surface area contributed by atoms with Crippen molar-refractivity contribution >= 4 is 15.9 Å². The molecule has 1 aliphatic carbocycles. The molecule has 1 aromatic rings. The van der Waals surface area contributed by atoms with Gasteiger partial charge in [-0.2, -0.15) is 0 Å². The summed E-state index contributed by atoms with van der Waals surface area (Å²) >= 11 is 3.41. The Morgan fingerprint density at radius 2 is 2.06 bits per heavy atom. The van der Waals surface area contributed by atoms with Crippen LogP contribution in [-0.2, 0) is 6.42 Å². The van der Waals surface area contributed by atoms with Crippen LogP contribution in [0.1, 0.15) is 38.2 Å². The van der Waals surface area contributed by atoms with E-state index in [1.807, 2.05) is 6.07 Å². The predicted molar refractivity (Wildman–Crippen MR) is 72.4 cm³/mol. The maximum atomic E-state index is 13.0. The van der Waals surface area contributed by atoms with E-state index in [9.17, 15) is 4.39 Å². The van der Waals surface area contributed by atoms with Crippen LogP contribution >= 0.6 is 15.9 Å². The molecule has 1 fully saturated rings. The van der Waals surface area contributed by atoms with Gasteiger partial charge in [0.1, 0.15) is 5.82 Å². The molecule has 0 aromatic heterocycles. The Morgan fingerprint density at radius 1 is 1.41 bits per heavy atom. The van der Waals surface area contributed by atoms with Crippen molar-refractivity contribution in [3.8, 4) is 0 Å². The van der Waals surface area contributed by atoms with Crippen molar-refractivity contribution in [3.63, 3.8) is 0 Å². The fourth-order valence-corrected chi connectivity index (χ4v) is 3.24. The fourth-order valence-electron chi connectivity index (χ4n) is 2.72. The van der Waals surface area contributed by atoms with Crippen molar-refractivity contribution in [2.75, 3.05) is 0 Å². The van der Waals surface area contributed by atoms with Crippen molar-refractivity contribution in [3.05, 3.63) is 34.1 Å². The molecule has 0 amide bonds. The van der Waals surface area contributed by atoms with Crippen molar-refractivity contribution in [1.82, 2.24) is 0 Å². The minimum atomic E-state index is -0.207. The second-order valence-corrected chi connectivity index (χ2v) is 6.26. The van der Waals surface area contributed by atoms with Crippen molar-refractivity contribution in [1.29, 1.82) is 0 Å². The highest BCUT2D eigenvalue weighted by Crippen LogP contribution is 2.41. The van der Waals surface area contributed by atoms with Crippen molar-refractivity contribution in [2.45, 2.75) is 45.1 Å². The molecule has 2 rings (SSSR count). The van der Waals surface area contributed by atoms with Crippen LogP contribution in [0.15, 0.2) is 22.7 Å². The number of hydrogen-bond acceptors (Lipinski definition) is 1. The lowest BCUT2D eigenvalue weighted by molar-refractivity contribution is 0.260. The van der Waals surface area contributed by atoms with Gasteiger partial charge in [0.15, 0.2) is 0 Å². The third kappa shape index (κ3) is 2.89. The number of halogens is 2. The number of hydrogen-bond donors (Lipinski definition) is 1. The van der Waals surface area contributed by atoms with Crippen molar-refractivity contribution in [2.24, 2.45) is 11.1 Å². The van der Waals surface area contributed by atoms with Crippen LogP contribution in [0.2, 0.25) is 0 Å².